The van der Waals surface area contributed by atoms with E-state index in [9.17, 15) is 4.79 Å². The van der Waals surface area contributed by atoms with E-state index in [1.54, 1.807) is 19.9 Å². The number of hydrogen-bond donors (Lipinski definition) is 1. The van der Waals surface area contributed by atoms with Crippen LogP contribution in [0.1, 0.15) is 20.3 Å². The van der Waals surface area contributed by atoms with Crippen LogP contribution in [-0.2, 0) is 9.53 Å². The molecule has 11 heavy (non-hydrogen) atoms. The molecule has 0 heterocycles. The van der Waals surface area contributed by atoms with Gasteiger partial charge in [-0.3, -0.25) is 0 Å². The maximum Gasteiger partial charge on any atom is 0.333 e. The third-order valence-corrected chi connectivity index (χ3v) is 1.27. The van der Waals surface area contributed by atoms with Crippen LogP contribution < -0.4 is 0 Å². The Morgan fingerprint density at radius 3 is 2.64 bits per heavy atom. The van der Waals surface area contributed by atoms with Crippen molar-refractivity contribution in [3.63, 3.8) is 0 Å². The van der Waals surface area contributed by atoms with Gasteiger partial charge in [-0.15, -0.1) is 0 Å². The average molecular weight is 158 g/mol. The second-order valence-corrected chi connectivity index (χ2v) is 2.46. The number of esters is 1. The second-order valence-electron chi connectivity index (χ2n) is 2.46. The van der Waals surface area contributed by atoms with Crippen LogP contribution in [0.15, 0.2) is 11.6 Å². The minimum absolute atomic E-state index is 0.342. The van der Waals surface area contributed by atoms with Crippen LogP contribution in [0.2, 0.25) is 0 Å². The molecule has 0 amide bonds. The Bertz CT molecular complexity index is 159. The first-order valence-corrected chi connectivity index (χ1v) is 3.51. The van der Waals surface area contributed by atoms with Crippen LogP contribution >= 0.6 is 0 Å². The molecule has 0 spiro atoms. The van der Waals surface area contributed by atoms with Gasteiger partial charge in [0.05, 0.1) is 13.2 Å². The minimum Gasteiger partial charge on any atom is -0.466 e. The maximum atomic E-state index is 10.8. The molecule has 0 saturated carbocycles. The van der Waals surface area contributed by atoms with Gasteiger partial charge in [-0.1, -0.05) is 6.08 Å². The summed E-state index contributed by atoms with van der Waals surface area (Å²) in [5, 5.41) is 8.86. The highest BCUT2D eigenvalue weighted by Gasteiger charge is 2.02. The molecule has 0 aliphatic carbocycles. The number of methoxy groups -OCH3 is 1. The van der Waals surface area contributed by atoms with Crippen LogP contribution in [0.25, 0.3) is 0 Å². The number of aliphatic hydroxyl groups is 1. The number of rotatable bonds is 3. The number of hydrogen-bond acceptors (Lipinski definition) is 3. The van der Waals surface area contributed by atoms with Gasteiger partial charge in [0.1, 0.15) is 0 Å². The highest BCUT2D eigenvalue weighted by Crippen LogP contribution is 2.00. The largest absolute Gasteiger partial charge is 0.466 e. The first-order chi connectivity index (χ1) is 5.07. The summed E-state index contributed by atoms with van der Waals surface area (Å²) in [5.41, 5.74) is 0.536. The summed E-state index contributed by atoms with van der Waals surface area (Å²) in [5.74, 6) is -0.342. The van der Waals surface area contributed by atoms with Crippen LogP contribution in [0, 0.1) is 0 Å². The van der Waals surface area contributed by atoms with Crippen molar-refractivity contribution >= 4 is 5.97 Å². The molecule has 64 valence electrons. The van der Waals surface area contributed by atoms with Crippen molar-refractivity contribution in [2.45, 2.75) is 26.4 Å². The van der Waals surface area contributed by atoms with E-state index >= 15 is 0 Å². The van der Waals surface area contributed by atoms with Crippen molar-refractivity contribution < 1.29 is 14.6 Å². The van der Waals surface area contributed by atoms with Gasteiger partial charge in [-0.25, -0.2) is 4.79 Å². The van der Waals surface area contributed by atoms with Gasteiger partial charge in [0.15, 0.2) is 0 Å². The van der Waals surface area contributed by atoms with Gasteiger partial charge in [0, 0.05) is 5.57 Å². The number of aliphatic hydroxyl groups excluding tert-OH is 1. The molecule has 0 rings (SSSR count). The SMILES string of the molecule is COC(=O)C(C)=CCC(C)O. The third kappa shape index (κ3) is 4.56. The number of ether oxygens (including phenoxy) is 1. The minimum atomic E-state index is -0.408. The highest BCUT2D eigenvalue weighted by molar-refractivity contribution is 5.87. The summed E-state index contributed by atoms with van der Waals surface area (Å²) in [6.45, 7) is 3.33. The lowest BCUT2D eigenvalue weighted by molar-refractivity contribution is -0.136. The van der Waals surface area contributed by atoms with Crippen molar-refractivity contribution in [1.82, 2.24) is 0 Å². The van der Waals surface area contributed by atoms with Crippen LogP contribution in [0.4, 0.5) is 0 Å². The van der Waals surface area contributed by atoms with Gasteiger partial charge in [-0.05, 0) is 20.3 Å². The van der Waals surface area contributed by atoms with E-state index in [1.165, 1.54) is 7.11 Å². The predicted molar refractivity (Wildman–Crippen MR) is 42.1 cm³/mol. The van der Waals surface area contributed by atoms with Gasteiger partial charge in [0.25, 0.3) is 0 Å². The molecular weight excluding hydrogens is 144 g/mol. The van der Waals surface area contributed by atoms with Gasteiger partial charge in [0.2, 0.25) is 0 Å². The van der Waals surface area contributed by atoms with Crippen LogP contribution in [0.5, 0.6) is 0 Å². The van der Waals surface area contributed by atoms with Gasteiger partial charge in [-0.2, -0.15) is 0 Å². The smallest absolute Gasteiger partial charge is 0.333 e. The van der Waals surface area contributed by atoms with Gasteiger partial charge < -0.3 is 9.84 Å². The molecule has 3 heteroatoms. The summed E-state index contributed by atoms with van der Waals surface area (Å²) in [6.07, 6.45) is 1.74. The second kappa shape index (κ2) is 4.91. The Morgan fingerprint density at radius 2 is 2.27 bits per heavy atom. The summed E-state index contributed by atoms with van der Waals surface area (Å²) in [7, 11) is 1.34. The molecule has 0 fully saturated rings. The lowest BCUT2D eigenvalue weighted by Crippen LogP contribution is -2.03. The van der Waals surface area contributed by atoms with Crippen LogP contribution in [-0.4, -0.2) is 24.3 Å². The third-order valence-electron chi connectivity index (χ3n) is 1.27. The van der Waals surface area contributed by atoms with E-state index in [4.69, 9.17) is 5.11 Å². The maximum absolute atomic E-state index is 10.8. The quantitative estimate of drug-likeness (QED) is 0.490. The van der Waals surface area contributed by atoms with Crippen molar-refractivity contribution in [1.29, 1.82) is 0 Å². The Kier molecular flexibility index (Phi) is 4.54. The van der Waals surface area contributed by atoms with E-state index < -0.39 is 6.10 Å². The zero-order valence-corrected chi connectivity index (χ0v) is 7.13. The first-order valence-electron chi connectivity index (χ1n) is 3.51. The molecule has 0 bridgehead atoms. The molecule has 0 radical (unpaired) electrons. The summed E-state index contributed by atoms with van der Waals surface area (Å²) in [4.78, 5) is 10.8. The molecule has 0 aromatic carbocycles. The molecule has 0 aromatic rings. The van der Waals surface area contributed by atoms with E-state index in [1.807, 2.05) is 0 Å². The normalized spacial score (nSPS) is 14.4. The van der Waals surface area contributed by atoms with Crippen molar-refractivity contribution in [2.75, 3.05) is 7.11 Å². The van der Waals surface area contributed by atoms with Gasteiger partial charge >= 0.3 is 5.97 Å². The molecule has 0 aliphatic heterocycles. The number of carbonyl (C=O) groups is 1. The van der Waals surface area contributed by atoms with E-state index in [0.29, 0.717) is 12.0 Å². The van der Waals surface area contributed by atoms with Crippen LogP contribution in [0.3, 0.4) is 0 Å². The highest BCUT2D eigenvalue weighted by atomic mass is 16.5. The lowest BCUT2D eigenvalue weighted by Gasteiger charge is -2.00. The molecule has 0 aromatic heterocycles. The van der Waals surface area contributed by atoms with Crippen molar-refractivity contribution in [3.05, 3.63) is 11.6 Å². The molecular formula is C8H14O3. The Labute approximate surface area is 66.7 Å². The van der Waals surface area contributed by atoms with Crippen molar-refractivity contribution in [3.8, 4) is 0 Å². The molecule has 1 atom stereocenters. The molecule has 1 N–H and O–H groups in total. The number of carbonyl (C=O) groups excluding carboxylic acids is 1. The average Bonchev–Trinajstić information content (AvgIpc) is 1.98. The molecule has 0 saturated heterocycles. The lowest BCUT2D eigenvalue weighted by atomic mass is 10.2. The fraction of sp³-hybridized carbons (Fsp3) is 0.625. The molecule has 3 nitrogen and oxygen atoms in total. The topological polar surface area (TPSA) is 46.5 Å². The van der Waals surface area contributed by atoms with E-state index in [-0.39, 0.29) is 5.97 Å². The predicted octanol–water partition coefficient (Wildman–Crippen LogP) is 0.877. The summed E-state index contributed by atoms with van der Waals surface area (Å²) in [6, 6.07) is 0. The summed E-state index contributed by atoms with van der Waals surface area (Å²) < 4.78 is 4.46. The molecule has 0 aliphatic rings. The fourth-order valence-electron chi connectivity index (χ4n) is 0.592. The van der Waals surface area contributed by atoms with E-state index in [2.05, 4.69) is 4.74 Å². The Morgan fingerprint density at radius 1 is 1.73 bits per heavy atom. The van der Waals surface area contributed by atoms with Crippen molar-refractivity contribution in [2.24, 2.45) is 0 Å². The Hall–Kier alpha value is -0.830. The zero-order valence-electron chi connectivity index (χ0n) is 7.13. The summed E-state index contributed by atoms with van der Waals surface area (Å²) >= 11 is 0. The zero-order chi connectivity index (χ0) is 8.85. The molecule has 1 unspecified atom stereocenters. The fourth-order valence-corrected chi connectivity index (χ4v) is 0.592. The first kappa shape index (κ1) is 10.2. The van der Waals surface area contributed by atoms with E-state index in [0.717, 1.165) is 0 Å². The monoisotopic (exact) mass is 158 g/mol. The standard InChI is InChI=1S/C8H14O3/c1-6(8(10)11-3)4-5-7(2)9/h4,7,9H,5H2,1-3H3. The Balaban J connectivity index is 3.90.